The van der Waals surface area contributed by atoms with Crippen molar-refractivity contribution < 1.29 is 18.3 Å². The van der Waals surface area contributed by atoms with E-state index < -0.39 is 17.7 Å². The van der Waals surface area contributed by atoms with Crippen LogP contribution in [-0.4, -0.2) is 44.8 Å². The molecule has 6 nitrogen and oxygen atoms in total. The molecule has 1 aromatic carbocycles. The zero-order valence-corrected chi connectivity index (χ0v) is 13.4. The number of hydrazine groups is 1. The minimum atomic E-state index is -0.944. The Hall–Kier alpha value is -1.61. The number of hydrogen-bond acceptors (Lipinski definition) is 5. The highest BCUT2D eigenvalue weighted by atomic mass is 19.2. The lowest BCUT2D eigenvalue weighted by atomic mass is 9.89. The van der Waals surface area contributed by atoms with Crippen LogP contribution in [0.4, 0.5) is 8.78 Å². The van der Waals surface area contributed by atoms with Crippen molar-refractivity contribution in [3.05, 3.63) is 35.4 Å². The molecular formula is C16H22F2N4O2. The third kappa shape index (κ3) is 3.56. The van der Waals surface area contributed by atoms with E-state index in [1.807, 2.05) is 0 Å². The van der Waals surface area contributed by atoms with E-state index in [9.17, 15) is 13.6 Å². The summed E-state index contributed by atoms with van der Waals surface area (Å²) in [6.45, 7) is 1.84. The Morgan fingerprint density at radius 2 is 2.21 bits per heavy atom. The number of fused-ring (bicyclic) bond motifs is 1. The average Bonchev–Trinajstić information content (AvgIpc) is 3.01. The van der Waals surface area contributed by atoms with Crippen molar-refractivity contribution in [2.75, 3.05) is 26.8 Å². The van der Waals surface area contributed by atoms with Gasteiger partial charge in [-0.25, -0.2) is 14.2 Å². The van der Waals surface area contributed by atoms with E-state index in [4.69, 9.17) is 4.74 Å². The number of amides is 1. The lowest BCUT2D eigenvalue weighted by molar-refractivity contribution is -0.125. The minimum absolute atomic E-state index is 0.145. The van der Waals surface area contributed by atoms with Crippen LogP contribution < -0.4 is 21.5 Å². The van der Waals surface area contributed by atoms with Crippen molar-refractivity contribution in [2.24, 2.45) is 5.92 Å². The summed E-state index contributed by atoms with van der Waals surface area (Å²) in [4.78, 5) is 12.6. The molecule has 0 spiro atoms. The van der Waals surface area contributed by atoms with E-state index in [1.54, 1.807) is 0 Å². The fourth-order valence-electron chi connectivity index (χ4n) is 3.35. The third-order valence-electron chi connectivity index (χ3n) is 4.66. The van der Waals surface area contributed by atoms with Crippen molar-refractivity contribution >= 4 is 5.91 Å². The van der Waals surface area contributed by atoms with Crippen LogP contribution in [0, 0.1) is 17.6 Å². The third-order valence-corrected chi connectivity index (χ3v) is 4.66. The van der Waals surface area contributed by atoms with Crippen LogP contribution in [0.3, 0.4) is 0 Å². The zero-order valence-electron chi connectivity index (χ0n) is 13.4. The topological polar surface area (TPSA) is 74.4 Å². The molecule has 2 aliphatic heterocycles. The SMILES string of the molecule is COCC(NC(=O)C1NNC2CCNCC21)c1ccc(F)c(F)c1. The van der Waals surface area contributed by atoms with Gasteiger partial charge in [0, 0.05) is 25.6 Å². The number of benzene rings is 1. The molecule has 3 rings (SSSR count). The maximum atomic E-state index is 13.5. The molecule has 2 heterocycles. The second kappa shape index (κ2) is 7.52. The average molecular weight is 340 g/mol. The Labute approximate surface area is 139 Å². The zero-order chi connectivity index (χ0) is 17.1. The van der Waals surface area contributed by atoms with Crippen LogP contribution in [0.1, 0.15) is 18.0 Å². The first kappa shape index (κ1) is 17.2. The van der Waals surface area contributed by atoms with Crippen LogP contribution in [-0.2, 0) is 9.53 Å². The quantitative estimate of drug-likeness (QED) is 0.617. The van der Waals surface area contributed by atoms with E-state index in [1.165, 1.54) is 13.2 Å². The van der Waals surface area contributed by atoms with Gasteiger partial charge >= 0.3 is 0 Å². The highest BCUT2D eigenvalue weighted by molar-refractivity contribution is 5.83. The van der Waals surface area contributed by atoms with Crippen molar-refractivity contribution in [1.82, 2.24) is 21.5 Å². The molecular weight excluding hydrogens is 318 g/mol. The minimum Gasteiger partial charge on any atom is -0.382 e. The Balaban J connectivity index is 1.70. The molecule has 0 saturated carbocycles. The maximum Gasteiger partial charge on any atom is 0.239 e. The van der Waals surface area contributed by atoms with Crippen molar-refractivity contribution in [1.29, 1.82) is 0 Å². The second-order valence-corrected chi connectivity index (χ2v) is 6.22. The maximum absolute atomic E-state index is 13.5. The van der Waals surface area contributed by atoms with Gasteiger partial charge in [0.05, 0.1) is 12.6 Å². The normalized spacial score (nSPS) is 27.5. The Morgan fingerprint density at radius 1 is 1.38 bits per heavy atom. The largest absolute Gasteiger partial charge is 0.382 e. The first-order chi connectivity index (χ1) is 11.6. The van der Waals surface area contributed by atoms with Crippen molar-refractivity contribution in [3.8, 4) is 0 Å². The highest BCUT2D eigenvalue weighted by Gasteiger charge is 2.41. The van der Waals surface area contributed by atoms with Crippen molar-refractivity contribution in [2.45, 2.75) is 24.5 Å². The fraction of sp³-hybridized carbons (Fsp3) is 0.562. The molecule has 2 aliphatic rings. The molecule has 2 fully saturated rings. The standard InChI is InChI=1S/C16H22F2N4O2/c1-24-8-14(9-2-3-11(17)12(18)6-9)20-16(23)15-10-7-19-5-4-13(10)21-22-15/h2-3,6,10,13-15,19,21-22H,4-5,7-8H2,1H3,(H,20,23). The molecule has 0 radical (unpaired) electrons. The summed E-state index contributed by atoms with van der Waals surface area (Å²) in [6, 6.07) is 2.92. The van der Waals surface area contributed by atoms with Crippen molar-refractivity contribution in [3.63, 3.8) is 0 Å². The van der Waals surface area contributed by atoms with E-state index in [0.29, 0.717) is 5.56 Å². The van der Waals surface area contributed by atoms with Crippen LogP contribution in [0.25, 0.3) is 0 Å². The molecule has 1 aromatic rings. The van der Waals surface area contributed by atoms with Gasteiger partial charge in [0.25, 0.3) is 0 Å². The van der Waals surface area contributed by atoms with E-state index >= 15 is 0 Å². The summed E-state index contributed by atoms with van der Waals surface area (Å²) >= 11 is 0. The van der Waals surface area contributed by atoms with Crippen LogP contribution >= 0.6 is 0 Å². The number of carbonyl (C=O) groups is 1. The summed E-state index contributed by atoms with van der Waals surface area (Å²) in [6.07, 6.45) is 0.951. The molecule has 0 aromatic heterocycles. The molecule has 0 aliphatic carbocycles. The number of nitrogens with one attached hydrogen (secondary N) is 4. The van der Waals surface area contributed by atoms with Crippen LogP contribution in [0.5, 0.6) is 0 Å². The number of ether oxygens (including phenoxy) is 1. The number of piperidine rings is 1. The Bertz CT molecular complexity index is 601. The fourth-order valence-corrected chi connectivity index (χ4v) is 3.35. The number of halogens is 2. The highest BCUT2D eigenvalue weighted by Crippen LogP contribution is 2.22. The predicted molar refractivity (Wildman–Crippen MR) is 83.9 cm³/mol. The number of carbonyl (C=O) groups excluding carboxylic acids is 1. The lowest BCUT2D eigenvalue weighted by Crippen LogP contribution is -2.50. The second-order valence-electron chi connectivity index (χ2n) is 6.22. The van der Waals surface area contributed by atoms with Gasteiger partial charge in [-0.1, -0.05) is 6.07 Å². The van der Waals surface area contributed by atoms with E-state index in [0.717, 1.165) is 31.6 Å². The van der Waals surface area contributed by atoms with Gasteiger partial charge in [0.1, 0.15) is 6.04 Å². The van der Waals surface area contributed by atoms with Gasteiger partial charge in [-0.05, 0) is 30.7 Å². The monoisotopic (exact) mass is 340 g/mol. The predicted octanol–water partition coefficient (Wildman–Crippen LogP) is 0.223. The van der Waals surface area contributed by atoms with Gasteiger partial charge in [-0.2, -0.15) is 0 Å². The summed E-state index contributed by atoms with van der Waals surface area (Å²) in [5, 5.41) is 6.16. The number of rotatable bonds is 5. The molecule has 0 bridgehead atoms. The molecule has 1 amide bonds. The van der Waals surface area contributed by atoms with Crippen LogP contribution in [0.2, 0.25) is 0 Å². The van der Waals surface area contributed by atoms with Gasteiger partial charge in [-0.15, -0.1) is 0 Å². The Morgan fingerprint density at radius 3 is 2.96 bits per heavy atom. The molecule has 4 unspecified atom stereocenters. The van der Waals surface area contributed by atoms with E-state index in [-0.39, 0.29) is 30.5 Å². The smallest absolute Gasteiger partial charge is 0.239 e. The molecule has 8 heteroatoms. The number of methoxy groups -OCH3 is 1. The lowest BCUT2D eigenvalue weighted by Gasteiger charge is -2.28. The molecule has 132 valence electrons. The first-order valence-corrected chi connectivity index (χ1v) is 8.06. The summed E-state index contributed by atoms with van der Waals surface area (Å²) < 4.78 is 31.7. The van der Waals surface area contributed by atoms with Crippen LogP contribution in [0.15, 0.2) is 18.2 Å². The molecule has 4 atom stereocenters. The Kier molecular flexibility index (Phi) is 5.40. The summed E-state index contributed by atoms with van der Waals surface area (Å²) in [5.74, 6) is -1.91. The molecule has 24 heavy (non-hydrogen) atoms. The first-order valence-electron chi connectivity index (χ1n) is 8.06. The van der Waals surface area contributed by atoms with Gasteiger partial charge < -0.3 is 15.4 Å². The number of hydrogen-bond donors (Lipinski definition) is 4. The molecule has 2 saturated heterocycles. The summed E-state index contributed by atoms with van der Waals surface area (Å²) in [7, 11) is 1.50. The summed E-state index contributed by atoms with van der Waals surface area (Å²) in [5.41, 5.74) is 6.67. The van der Waals surface area contributed by atoms with Gasteiger partial charge in [0.15, 0.2) is 11.6 Å². The van der Waals surface area contributed by atoms with Gasteiger partial charge in [0.2, 0.25) is 5.91 Å². The van der Waals surface area contributed by atoms with Gasteiger partial charge in [-0.3, -0.25) is 10.2 Å². The molecule has 4 N–H and O–H groups in total. The van der Waals surface area contributed by atoms with E-state index in [2.05, 4.69) is 21.5 Å².